The van der Waals surface area contributed by atoms with Crippen molar-refractivity contribution >= 4 is 6.40 Å². The number of hydrogen-bond acceptors (Lipinski definition) is 3. The van der Waals surface area contributed by atoms with Gasteiger partial charge in [-0.1, -0.05) is 5.16 Å². The van der Waals surface area contributed by atoms with Crippen LogP contribution in [0.5, 0.6) is 0 Å². The smallest absolute Gasteiger partial charge is 0.212 e. The topological polar surface area (TPSA) is 41.8 Å². The minimum atomic E-state index is 0.931. The molecule has 0 unspecified atom stereocenters. The quantitative estimate of drug-likeness (QED) is 0.232. The molecule has 3 nitrogen and oxygen atoms in total. The molecule has 0 spiro atoms. The highest BCUT2D eigenvalue weighted by Gasteiger charge is 1.64. The summed E-state index contributed by atoms with van der Waals surface area (Å²) < 4.78 is 4.32. The van der Waals surface area contributed by atoms with Gasteiger partial charge in [0.2, 0.25) is 6.40 Å². The van der Waals surface area contributed by atoms with Gasteiger partial charge in [0.1, 0.15) is 6.61 Å². The molecule has 0 amide bonds. The Balaban J connectivity index is 2.66. The van der Waals surface area contributed by atoms with Gasteiger partial charge in [-0.25, -0.2) is 0 Å². The van der Waals surface area contributed by atoms with Crippen LogP contribution in [0.15, 0.2) is 5.16 Å². The third-order valence-corrected chi connectivity index (χ3v) is 0.244. The Morgan fingerprint density at radius 2 is 2.50 bits per heavy atom. The number of rotatable bonds is 2. The third kappa shape index (κ3) is 3.27. The van der Waals surface area contributed by atoms with E-state index in [1.165, 1.54) is 6.61 Å². The zero-order valence-corrected chi connectivity index (χ0v) is 3.46. The molecule has 0 aromatic heterocycles. The van der Waals surface area contributed by atoms with Crippen molar-refractivity contribution in [3.63, 3.8) is 0 Å². The lowest BCUT2D eigenvalue weighted by atomic mass is 10.9. The van der Waals surface area contributed by atoms with Gasteiger partial charge in [-0.3, -0.25) is 0 Å². The fraction of sp³-hybridized carbons (Fsp3) is 0.333. The summed E-state index contributed by atoms with van der Waals surface area (Å²) in [4.78, 5) is 0. The van der Waals surface area contributed by atoms with Crippen LogP contribution in [0.4, 0.5) is 0 Å². The van der Waals surface area contributed by atoms with E-state index in [2.05, 4.69) is 9.89 Å². The summed E-state index contributed by atoms with van der Waals surface area (Å²) in [5.74, 6) is 0. The van der Waals surface area contributed by atoms with Gasteiger partial charge in [0.25, 0.3) is 0 Å². The van der Waals surface area contributed by atoms with E-state index in [1.54, 1.807) is 6.92 Å². The van der Waals surface area contributed by atoms with Crippen LogP contribution < -0.4 is 0 Å². The zero-order valence-electron chi connectivity index (χ0n) is 3.46. The van der Waals surface area contributed by atoms with Gasteiger partial charge in [0.15, 0.2) is 0 Å². The van der Waals surface area contributed by atoms with Crippen molar-refractivity contribution in [1.82, 2.24) is 0 Å². The average molecular weight is 88.1 g/mol. The first-order chi connectivity index (χ1) is 2.91. The van der Waals surface area contributed by atoms with Crippen LogP contribution in [0.25, 0.3) is 0 Å². The summed E-state index contributed by atoms with van der Waals surface area (Å²) in [7, 11) is 0. The van der Waals surface area contributed by atoms with Gasteiger partial charge in [-0.15, -0.1) is 0 Å². The van der Waals surface area contributed by atoms with E-state index in [0.717, 1.165) is 6.40 Å². The maximum absolute atomic E-state index is 7.62. The standard InChI is InChI=1S/C3H6NO2/c1-2-6-3-4-5/h2-3,5H,1H3. The predicted molar refractivity (Wildman–Crippen MR) is 21.3 cm³/mol. The molecule has 0 aromatic carbocycles. The summed E-state index contributed by atoms with van der Waals surface area (Å²) in [5, 5.41) is 10.2. The molecule has 0 bridgehead atoms. The predicted octanol–water partition coefficient (Wildman–Crippen LogP) is 0.602. The Bertz CT molecular complexity index is 44.1. The molecule has 0 heterocycles. The summed E-state index contributed by atoms with van der Waals surface area (Å²) in [6.07, 6.45) is 0.931. The van der Waals surface area contributed by atoms with Crippen molar-refractivity contribution in [2.75, 3.05) is 0 Å². The highest BCUT2D eigenvalue weighted by molar-refractivity contribution is 5.45. The van der Waals surface area contributed by atoms with Gasteiger partial charge in [0.05, 0.1) is 0 Å². The van der Waals surface area contributed by atoms with E-state index in [9.17, 15) is 0 Å². The van der Waals surface area contributed by atoms with Crippen molar-refractivity contribution in [2.24, 2.45) is 5.16 Å². The summed E-state index contributed by atoms with van der Waals surface area (Å²) >= 11 is 0. The average Bonchev–Trinajstić information content (AvgIpc) is 1.61. The number of oxime groups is 1. The van der Waals surface area contributed by atoms with E-state index < -0.39 is 0 Å². The molecule has 0 aliphatic heterocycles. The van der Waals surface area contributed by atoms with E-state index in [4.69, 9.17) is 5.21 Å². The van der Waals surface area contributed by atoms with Crippen molar-refractivity contribution in [2.45, 2.75) is 6.92 Å². The first kappa shape index (κ1) is 5.27. The number of hydrogen-bond donors (Lipinski definition) is 1. The second-order valence-electron chi connectivity index (χ2n) is 0.593. The van der Waals surface area contributed by atoms with Crippen LogP contribution in [0.3, 0.4) is 0 Å². The highest BCUT2D eigenvalue weighted by Crippen LogP contribution is 1.68. The Labute approximate surface area is 36.2 Å². The molecule has 0 aliphatic rings. The molecule has 0 aromatic rings. The Morgan fingerprint density at radius 3 is 2.67 bits per heavy atom. The molecule has 0 rings (SSSR count). The monoisotopic (exact) mass is 88.0 g/mol. The molecule has 35 valence electrons. The lowest BCUT2D eigenvalue weighted by Gasteiger charge is -1.82. The Hall–Kier alpha value is -0.730. The van der Waals surface area contributed by atoms with Gasteiger partial charge < -0.3 is 9.94 Å². The lowest BCUT2D eigenvalue weighted by Crippen LogP contribution is -1.76. The maximum Gasteiger partial charge on any atom is 0.212 e. The molecule has 0 fully saturated rings. The van der Waals surface area contributed by atoms with Crippen molar-refractivity contribution in [3.8, 4) is 0 Å². The largest absolute Gasteiger partial charge is 0.474 e. The molecular formula is C3H6NO2. The van der Waals surface area contributed by atoms with Crippen LogP contribution in [0.1, 0.15) is 6.92 Å². The van der Waals surface area contributed by atoms with Crippen molar-refractivity contribution < 1.29 is 9.94 Å². The second kappa shape index (κ2) is 4.27. The van der Waals surface area contributed by atoms with E-state index in [-0.39, 0.29) is 0 Å². The van der Waals surface area contributed by atoms with Gasteiger partial charge >= 0.3 is 0 Å². The SMILES string of the molecule is C[CH]OC=NO. The van der Waals surface area contributed by atoms with Crippen LogP contribution in [0.2, 0.25) is 0 Å². The van der Waals surface area contributed by atoms with Crippen molar-refractivity contribution in [3.05, 3.63) is 6.61 Å². The Kier molecular flexibility index (Phi) is 3.75. The number of nitrogens with zero attached hydrogens (tertiary/aromatic N) is 1. The van der Waals surface area contributed by atoms with Crippen LogP contribution in [-0.2, 0) is 4.74 Å². The van der Waals surface area contributed by atoms with Crippen LogP contribution >= 0.6 is 0 Å². The molecule has 0 saturated carbocycles. The lowest BCUT2D eigenvalue weighted by molar-refractivity contribution is 0.297. The fourth-order valence-corrected chi connectivity index (χ4v) is 0.0881. The molecule has 0 saturated heterocycles. The number of ether oxygens (including phenoxy) is 1. The second-order valence-corrected chi connectivity index (χ2v) is 0.593. The van der Waals surface area contributed by atoms with Gasteiger partial charge in [0, 0.05) is 0 Å². The van der Waals surface area contributed by atoms with Crippen LogP contribution in [-0.4, -0.2) is 11.6 Å². The minimum Gasteiger partial charge on any atom is -0.474 e. The van der Waals surface area contributed by atoms with Crippen LogP contribution in [0, 0.1) is 6.61 Å². The maximum atomic E-state index is 7.62. The highest BCUT2D eigenvalue weighted by atomic mass is 16.5. The summed E-state index contributed by atoms with van der Waals surface area (Å²) in [5.41, 5.74) is 0. The van der Waals surface area contributed by atoms with Gasteiger partial charge in [-0.2, -0.15) is 0 Å². The molecule has 3 heteroatoms. The van der Waals surface area contributed by atoms with E-state index in [0.29, 0.717) is 0 Å². The normalized spacial score (nSPS) is 9.50. The Morgan fingerprint density at radius 1 is 1.83 bits per heavy atom. The molecule has 1 N–H and O–H groups in total. The summed E-state index contributed by atoms with van der Waals surface area (Å²) in [6.45, 7) is 3.08. The van der Waals surface area contributed by atoms with Gasteiger partial charge in [-0.05, 0) is 6.92 Å². The fourth-order valence-electron chi connectivity index (χ4n) is 0.0881. The molecule has 6 heavy (non-hydrogen) atoms. The van der Waals surface area contributed by atoms with Crippen molar-refractivity contribution in [1.29, 1.82) is 0 Å². The zero-order chi connectivity index (χ0) is 4.83. The first-order valence-corrected chi connectivity index (χ1v) is 1.51. The van der Waals surface area contributed by atoms with E-state index >= 15 is 0 Å². The minimum absolute atomic E-state index is 0.931. The molecule has 0 atom stereocenters. The third-order valence-electron chi connectivity index (χ3n) is 0.244. The molecular weight excluding hydrogens is 82.0 g/mol. The first-order valence-electron chi connectivity index (χ1n) is 1.51. The summed E-state index contributed by atoms with van der Waals surface area (Å²) in [6, 6.07) is 0. The van der Waals surface area contributed by atoms with E-state index in [1.807, 2.05) is 0 Å². The molecule has 1 radical (unpaired) electrons. The molecule has 0 aliphatic carbocycles.